The van der Waals surface area contributed by atoms with E-state index in [1.807, 2.05) is 13.1 Å². The molecule has 1 atom stereocenters. The number of hydrogen-bond acceptors (Lipinski definition) is 3. The summed E-state index contributed by atoms with van der Waals surface area (Å²) in [5.74, 6) is 0.835. The Balaban J connectivity index is 0.00000576. The number of likely N-dealkylation sites (N-methyl/N-ethyl adjacent to an activating group) is 2. The molecule has 146 valence electrons. The molecule has 1 rings (SSSR count). The third-order valence-electron chi connectivity index (χ3n) is 4.53. The van der Waals surface area contributed by atoms with Crippen LogP contribution in [0.5, 0.6) is 0 Å². The smallest absolute Gasteiger partial charge is 0.243 e. The van der Waals surface area contributed by atoms with Crippen LogP contribution in [0.25, 0.3) is 0 Å². The van der Waals surface area contributed by atoms with Crippen molar-refractivity contribution in [1.82, 2.24) is 20.0 Å². The molecule has 6 nitrogen and oxygen atoms in total. The van der Waals surface area contributed by atoms with Gasteiger partial charge in [-0.15, -0.1) is 30.6 Å². The van der Waals surface area contributed by atoms with Crippen molar-refractivity contribution in [3.63, 3.8) is 0 Å². The minimum atomic E-state index is 0. The molecule has 1 aliphatic rings. The fourth-order valence-electron chi connectivity index (χ4n) is 2.93. The number of allylic oxidation sites excluding steroid dienone is 1. The largest absolute Gasteiger partial charge is 0.355 e. The summed E-state index contributed by atoms with van der Waals surface area (Å²) >= 11 is 0. The zero-order chi connectivity index (χ0) is 17.9. The van der Waals surface area contributed by atoms with Gasteiger partial charge in [-0.1, -0.05) is 13.0 Å². The van der Waals surface area contributed by atoms with Gasteiger partial charge in [-0.3, -0.25) is 9.69 Å². The lowest BCUT2D eigenvalue weighted by atomic mass is 10.2. The molecule has 1 amide bonds. The lowest BCUT2D eigenvalue weighted by Gasteiger charge is -2.27. The topological polar surface area (TPSA) is 51.2 Å². The summed E-state index contributed by atoms with van der Waals surface area (Å²) < 4.78 is 0. The highest BCUT2D eigenvalue weighted by atomic mass is 127. The Morgan fingerprint density at radius 2 is 2.12 bits per heavy atom. The summed E-state index contributed by atoms with van der Waals surface area (Å²) in [5, 5.41) is 3.48. The molecule has 1 aliphatic heterocycles. The van der Waals surface area contributed by atoms with E-state index in [0.717, 1.165) is 38.4 Å². The average molecular weight is 465 g/mol. The van der Waals surface area contributed by atoms with E-state index in [9.17, 15) is 4.79 Å². The van der Waals surface area contributed by atoms with Crippen molar-refractivity contribution in [1.29, 1.82) is 0 Å². The molecule has 0 aromatic heterocycles. The molecule has 7 heteroatoms. The first-order valence-electron chi connectivity index (χ1n) is 9.04. The van der Waals surface area contributed by atoms with E-state index in [0.29, 0.717) is 6.04 Å². The van der Waals surface area contributed by atoms with Crippen LogP contribution in [0, 0.1) is 0 Å². The van der Waals surface area contributed by atoms with Crippen molar-refractivity contribution in [3.8, 4) is 0 Å². The van der Waals surface area contributed by atoms with Crippen LogP contribution in [-0.4, -0.2) is 86.5 Å². The Morgan fingerprint density at radius 3 is 2.72 bits per heavy atom. The average Bonchev–Trinajstić information content (AvgIpc) is 3.02. The van der Waals surface area contributed by atoms with Crippen LogP contribution in [0.3, 0.4) is 0 Å². The Hall–Kier alpha value is -0.830. The van der Waals surface area contributed by atoms with Crippen LogP contribution in [-0.2, 0) is 4.79 Å². The number of carbonyl (C=O) groups excluding carboxylic acids is 1. The summed E-state index contributed by atoms with van der Waals surface area (Å²) in [6, 6.07) is 0.561. The number of halogens is 1. The predicted molar refractivity (Wildman–Crippen MR) is 117 cm³/mol. The number of guanidine groups is 1. The molecule has 25 heavy (non-hydrogen) atoms. The van der Waals surface area contributed by atoms with Crippen molar-refractivity contribution < 1.29 is 4.79 Å². The van der Waals surface area contributed by atoms with Gasteiger partial charge in [-0.05, 0) is 38.8 Å². The van der Waals surface area contributed by atoms with E-state index in [-0.39, 0.29) is 36.4 Å². The quantitative estimate of drug-likeness (QED) is 0.186. The highest BCUT2D eigenvalue weighted by molar-refractivity contribution is 14.0. The standard InChI is InChI=1S/C18H35N5O.HI/c1-6-8-9-12-22(5)18(20-15-17(24)21(3)4)19-14-16-11-10-13-23(16)7-2;/h6,16H,1,7-15H2,2-5H3,(H,19,20);1H. The van der Waals surface area contributed by atoms with E-state index in [1.54, 1.807) is 19.0 Å². The summed E-state index contributed by atoms with van der Waals surface area (Å²) in [6.45, 7) is 10.2. The van der Waals surface area contributed by atoms with Gasteiger partial charge in [0, 0.05) is 40.3 Å². The van der Waals surface area contributed by atoms with Gasteiger partial charge in [0.25, 0.3) is 0 Å². The van der Waals surface area contributed by atoms with E-state index < -0.39 is 0 Å². The van der Waals surface area contributed by atoms with Crippen molar-refractivity contribution in [2.45, 2.75) is 38.6 Å². The van der Waals surface area contributed by atoms with Crippen LogP contribution in [0.15, 0.2) is 17.6 Å². The van der Waals surface area contributed by atoms with Gasteiger partial charge >= 0.3 is 0 Å². The normalized spacial score (nSPS) is 17.8. The molecule has 1 saturated heterocycles. The number of unbranched alkanes of at least 4 members (excludes halogenated alkanes) is 1. The van der Waals surface area contributed by atoms with Gasteiger partial charge in [0.05, 0.1) is 0 Å². The second kappa shape index (κ2) is 13.4. The molecular weight excluding hydrogens is 429 g/mol. The van der Waals surface area contributed by atoms with Crippen LogP contribution in [0.2, 0.25) is 0 Å². The van der Waals surface area contributed by atoms with Crippen molar-refractivity contribution in [2.24, 2.45) is 4.99 Å². The third-order valence-corrected chi connectivity index (χ3v) is 4.53. The van der Waals surface area contributed by atoms with Gasteiger partial charge in [-0.25, -0.2) is 4.99 Å². The van der Waals surface area contributed by atoms with E-state index in [4.69, 9.17) is 0 Å². The molecule has 0 spiro atoms. The van der Waals surface area contributed by atoms with Gasteiger partial charge < -0.3 is 15.1 Å². The van der Waals surface area contributed by atoms with Gasteiger partial charge in [0.2, 0.25) is 5.91 Å². The number of aliphatic imine (C=N–C) groups is 1. The highest BCUT2D eigenvalue weighted by Gasteiger charge is 2.23. The molecule has 1 unspecified atom stereocenters. The summed E-state index contributed by atoms with van der Waals surface area (Å²) in [5.41, 5.74) is 0. The highest BCUT2D eigenvalue weighted by Crippen LogP contribution is 2.15. The van der Waals surface area contributed by atoms with Gasteiger partial charge in [0.15, 0.2) is 5.96 Å². The maximum absolute atomic E-state index is 11.8. The first kappa shape index (κ1) is 24.2. The zero-order valence-electron chi connectivity index (χ0n) is 16.3. The number of rotatable bonds is 9. The maximum atomic E-state index is 11.8. The third kappa shape index (κ3) is 8.89. The second-order valence-corrected chi connectivity index (χ2v) is 6.59. The molecule has 0 aliphatic carbocycles. The number of likely N-dealkylation sites (tertiary alicyclic amines) is 1. The van der Waals surface area contributed by atoms with Crippen molar-refractivity contribution in [3.05, 3.63) is 12.7 Å². The SMILES string of the molecule is C=CCCCN(C)C(=NCC(=O)N(C)C)NCC1CCCN1CC.I. The minimum absolute atomic E-state index is 0. The second-order valence-electron chi connectivity index (χ2n) is 6.59. The number of nitrogens with one attached hydrogen (secondary N) is 1. The predicted octanol–water partition coefficient (Wildman–Crippen LogP) is 2.02. The van der Waals surface area contributed by atoms with Crippen LogP contribution < -0.4 is 5.32 Å². The summed E-state index contributed by atoms with van der Waals surface area (Å²) in [6.07, 6.45) is 6.45. The fourth-order valence-corrected chi connectivity index (χ4v) is 2.93. The summed E-state index contributed by atoms with van der Waals surface area (Å²) in [4.78, 5) is 22.6. The Morgan fingerprint density at radius 1 is 1.40 bits per heavy atom. The zero-order valence-corrected chi connectivity index (χ0v) is 18.7. The Labute approximate surface area is 170 Å². The lowest BCUT2D eigenvalue weighted by molar-refractivity contribution is -0.127. The fraction of sp³-hybridized carbons (Fsp3) is 0.778. The minimum Gasteiger partial charge on any atom is -0.355 e. The molecule has 0 radical (unpaired) electrons. The Bertz CT molecular complexity index is 428. The molecule has 1 fully saturated rings. The first-order valence-corrected chi connectivity index (χ1v) is 9.04. The number of amides is 1. The molecule has 0 saturated carbocycles. The first-order chi connectivity index (χ1) is 11.5. The maximum Gasteiger partial charge on any atom is 0.243 e. The Kier molecular flexibility index (Phi) is 12.9. The number of hydrogen-bond donors (Lipinski definition) is 1. The molecule has 0 bridgehead atoms. The lowest BCUT2D eigenvalue weighted by Crippen LogP contribution is -2.46. The summed E-state index contributed by atoms with van der Waals surface area (Å²) in [7, 11) is 5.55. The molecule has 1 N–H and O–H groups in total. The van der Waals surface area contributed by atoms with Crippen LogP contribution in [0.4, 0.5) is 0 Å². The number of nitrogens with zero attached hydrogens (tertiary/aromatic N) is 4. The molecule has 0 aromatic carbocycles. The molecular formula is C18H36IN5O. The van der Waals surface area contributed by atoms with E-state index in [1.165, 1.54) is 19.4 Å². The monoisotopic (exact) mass is 465 g/mol. The van der Waals surface area contributed by atoms with Gasteiger partial charge in [0.1, 0.15) is 6.54 Å². The molecule has 1 heterocycles. The molecule has 0 aromatic rings. The van der Waals surface area contributed by atoms with E-state index >= 15 is 0 Å². The number of carbonyl (C=O) groups is 1. The van der Waals surface area contributed by atoms with Crippen LogP contribution >= 0.6 is 24.0 Å². The van der Waals surface area contributed by atoms with Gasteiger partial charge in [-0.2, -0.15) is 0 Å². The van der Waals surface area contributed by atoms with Crippen LogP contribution in [0.1, 0.15) is 32.6 Å². The van der Waals surface area contributed by atoms with Crippen molar-refractivity contribution in [2.75, 3.05) is 53.9 Å². The van der Waals surface area contributed by atoms with Crippen molar-refractivity contribution >= 4 is 35.8 Å². The van der Waals surface area contributed by atoms with E-state index in [2.05, 4.69) is 33.6 Å².